The van der Waals surface area contributed by atoms with E-state index in [1.807, 2.05) is 84.9 Å². The summed E-state index contributed by atoms with van der Waals surface area (Å²) in [4.78, 5) is 12.9. The van der Waals surface area contributed by atoms with Crippen LogP contribution in [0.4, 0.5) is 5.69 Å². The summed E-state index contributed by atoms with van der Waals surface area (Å²) in [5, 5.41) is 15.0. The molecule has 1 aliphatic carbocycles. The van der Waals surface area contributed by atoms with Gasteiger partial charge in [0.05, 0.1) is 0 Å². The van der Waals surface area contributed by atoms with E-state index < -0.39 is 11.5 Å². The van der Waals surface area contributed by atoms with Gasteiger partial charge in [-0.15, -0.1) is 0 Å². The van der Waals surface area contributed by atoms with Gasteiger partial charge in [-0.3, -0.25) is 4.79 Å². The van der Waals surface area contributed by atoms with Crippen LogP contribution in [0.5, 0.6) is 0 Å². The predicted octanol–water partition coefficient (Wildman–Crippen LogP) is 4.25. The molecular formula is C24H19NO2. The van der Waals surface area contributed by atoms with Crippen molar-refractivity contribution in [3.63, 3.8) is 0 Å². The van der Waals surface area contributed by atoms with Gasteiger partial charge in [0.15, 0.2) is 0 Å². The van der Waals surface area contributed by atoms with Gasteiger partial charge in [0.25, 0.3) is 0 Å². The molecule has 1 heterocycles. The molecule has 27 heavy (non-hydrogen) atoms. The van der Waals surface area contributed by atoms with E-state index in [0.717, 1.165) is 33.5 Å². The molecule has 5 rings (SSSR count). The second kappa shape index (κ2) is 5.93. The van der Waals surface area contributed by atoms with Crippen LogP contribution in [0.1, 0.15) is 28.2 Å². The van der Waals surface area contributed by atoms with E-state index in [-0.39, 0.29) is 5.91 Å². The molecule has 0 saturated carbocycles. The van der Waals surface area contributed by atoms with E-state index in [2.05, 4.69) is 5.32 Å². The molecule has 3 heteroatoms. The largest absolute Gasteiger partial charge is 0.379 e. The minimum Gasteiger partial charge on any atom is -0.379 e. The Bertz CT molecular complexity index is 1070. The minimum atomic E-state index is -1.36. The second-order valence-corrected chi connectivity index (χ2v) is 7.20. The van der Waals surface area contributed by atoms with Crippen molar-refractivity contribution in [1.82, 2.24) is 0 Å². The molecule has 3 aromatic rings. The number of hydrogen-bond donors (Lipinski definition) is 2. The molecule has 2 unspecified atom stereocenters. The highest BCUT2D eigenvalue weighted by Crippen LogP contribution is 2.53. The molecule has 3 aromatic carbocycles. The van der Waals surface area contributed by atoms with Crippen molar-refractivity contribution in [3.05, 3.63) is 107 Å². The molecule has 0 fully saturated rings. The summed E-state index contributed by atoms with van der Waals surface area (Å²) in [6, 6.07) is 25.5. The lowest BCUT2D eigenvalue weighted by Gasteiger charge is -2.33. The van der Waals surface area contributed by atoms with Crippen molar-refractivity contribution in [2.45, 2.75) is 17.9 Å². The van der Waals surface area contributed by atoms with Gasteiger partial charge >= 0.3 is 0 Å². The van der Waals surface area contributed by atoms with Gasteiger partial charge in [-0.25, -0.2) is 0 Å². The summed E-state index contributed by atoms with van der Waals surface area (Å²) >= 11 is 0. The van der Waals surface area contributed by atoms with Crippen LogP contribution < -0.4 is 5.32 Å². The SMILES string of the molecule is O=C1Nc2ccccc2C1C1(O)C(Cc2ccccc2)=Cc2ccccc21. The highest BCUT2D eigenvalue weighted by molar-refractivity contribution is 6.04. The molecule has 1 amide bonds. The first-order chi connectivity index (χ1) is 13.2. The summed E-state index contributed by atoms with van der Waals surface area (Å²) in [7, 11) is 0. The highest BCUT2D eigenvalue weighted by Gasteiger charge is 2.52. The molecule has 0 radical (unpaired) electrons. The van der Waals surface area contributed by atoms with Crippen molar-refractivity contribution >= 4 is 17.7 Å². The summed E-state index contributed by atoms with van der Waals surface area (Å²) < 4.78 is 0. The Morgan fingerprint density at radius 2 is 1.59 bits per heavy atom. The zero-order valence-electron chi connectivity index (χ0n) is 14.7. The fourth-order valence-electron chi connectivity index (χ4n) is 4.41. The highest BCUT2D eigenvalue weighted by atomic mass is 16.3. The molecule has 0 aromatic heterocycles. The van der Waals surface area contributed by atoms with E-state index in [9.17, 15) is 9.90 Å². The summed E-state index contributed by atoms with van der Waals surface area (Å²) in [5.41, 5.74) is 4.01. The fourth-order valence-corrected chi connectivity index (χ4v) is 4.41. The Labute approximate surface area is 158 Å². The van der Waals surface area contributed by atoms with Gasteiger partial charge in [0, 0.05) is 5.69 Å². The average Bonchev–Trinajstić information content (AvgIpc) is 3.17. The molecule has 0 spiro atoms. The molecule has 1 aliphatic heterocycles. The molecule has 3 nitrogen and oxygen atoms in total. The van der Waals surface area contributed by atoms with E-state index in [4.69, 9.17) is 0 Å². The van der Waals surface area contributed by atoms with Crippen molar-refractivity contribution in [3.8, 4) is 0 Å². The van der Waals surface area contributed by atoms with Crippen LogP contribution >= 0.6 is 0 Å². The molecule has 0 saturated heterocycles. The second-order valence-electron chi connectivity index (χ2n) is 7.20. The smallest absolute Gasteiger partial charge is 0.235 e. The van der Waals surface area contributed by atoms with E-state index in [1.54, 1.807) is 0 Å². The lowest BCUT2D eigenvalue weighted by Crippen LogP contribution is -2.38. The standard InChI is InChI=1S/C24H19NO2/c26-23-22(19-11-5-7-13-21(19)25-23)24(27)18(14-16-8-2-1-3-9-16)15-17-10-4-6-12-20(17)24/h1-13,15,22,27H,14H2,(H,25,26). The first kappa shape index (κ1) is 16.0. The third-order valence-electron chi connectivity index (χ3n) is 5.64. The number of carbonyl (C=O) groups is 1. The normalized spacial score (nSPS) is 22.8. The van der Waals surface area contributed by atoms with E-state index >= 15 is 0 Å². The number of amides is 1. The van der Waals surface area contributed by atoms with Crippen molar-refractivity contribution < 1.29 is 9.90 Å². The van der Waals surface area contributed by atoms with Gasteiger partial charge < -0.3 is 10.4 Å². The fraction of sp³-hybridized carbons (Fsp3) is 0.125. The number of aliphatic hydroxyl groups is 1. The van der Waals surface area contributed by atoms with Crippen LogP contribution in [0.3, 0.4) is 0 Å². The van der Waals surface area contributed by atoms with Crippen LogP contribution in [-0.2, 0) is 16.8 Å². The maximum Gasteiger partial charge on any atom is 0.235 e. The first-order valence-corrected chi connectivity index (χ1v) is 9.14. The molecule has 2 N–H and O–H groups in total. The quantitative estimate of drug-likeness (QED) is 0.739. The lowest BCUT2D eigenvalue weighted by molar-refractivity contribution is -0.122. The van der Waals surface area contributed by atoms with Crippen molar-refractivity contribution in [1.29, 1.82) is 0 Å². The summed E-state index contributed by atoms with van der Waals surface area (Å²) in [6.07, 6.45) is 2.63. The molecule has 2 aliphatic rings. The Kier molecular flexibility index (Phi) is 3.52. The van der Waals surface area contributed by atoms with Crippen LogP contribution in [0, 0.1) is 0 Å². The third kappa shape index (κ3) is 2.36. The summed E-state index contributed by atoms with van der Waals surface area (Å²) in [6.45, 7) is 0. The lowest BCUT2D eigenvalue weighted by atomic mass is 9.74. The minimum absolute atomic E-state index is 0.158. The average molecular weight is 353 g/mol. The van der Waals surface area contributed by atoms with Gasteiger partial charge in [0.1, 0.15) is 11.5 Å². The Hall–Kier alpha value is -3.17. The number of nitrogens with one attached hydrogen (secondary N) is 1. The molecule has 132 valence electrons. The Morgan fingerprint density at radius 1 is 0.889 bits per heavy atom. The van der Waals surface area contributed by atoms with Gasteiger partial charge in [-0.2, -0.15) is 0 Å². The van der Waals surface area contributed by atoms with Crippen LogP contribution in [0.15, 0.2) is 84.4 Å². The first-order valence-electron chi connectivity index (χ1n) is 9.14. The van der Waals surface area contributed by atoms with Gasteiger partial charge in [0.2, 0.25) is 5.91 Å². The monoisotopic (exact) mass is 353 g/mol. The van der Waals surface area contributed by atoms with Crippen molar-refractivity contribution in [2.75, 3.05) is 5.32 Å². The number of carbonyl (C=O) groups excluding carboxylic acids is 1. The summed E-state index contributed by atoms with van der Waals surface area (Å²) in [5.74, 6) is -0.818. The van der Waals surface area contributed by atoms with Crippen LogP contribution in [0.2, 0.25) is 0 Å². The maximum atomic E-state index is 12.9. The number of rotatable bonds is 3. The topological polar surface area (TPSA) is 49.3 Å². The van der Waals surface area contributed by atoms with Crippen molar-refractivity contribution in [2.24, 2.45) is 0 Å². The Morgan fingerprint density at radius 3 is 2.44 bits per heavy atom. The number of hydrogen-bond acceptors (Lipinski definition) is 2. The van der Waals surface area contributed by atoms with Gasteiger partial charge in [-0.05, 0) is 40.3 Å². The number of anilines is 1. The molecule has 2 atom stereocenters. The molecular weight excluding hydrogens is 334 g/mol. The Balaban J connectivity index is 1.67. The maximum absolute atomic E-state index is 12.9. The van der Waals surface area contributed by atoms with Crippen LogP contribution in [-0.4, -0.2) is 11.0 Å². The number of benzene rings is 3. The third-order valence-corrected chi connectivity index (χ3v) is 5.64. The van der Waals surface area contributed by atoms with E-state index in [1.165, 1.54) is 0 Å². The molecule has 0 bridgehead atoms. The predicted molar refractivity (Wildman–Crippen MR) is 106 cm³/mol. The number of para-hydroxylation sites is 1. The number of fused-ring (bicyclic) bond motifs is 2. The van der Waals surface area contributed by atoms with Gasteiger partial charge in [-0.1, -0.05) is 78.9 Å². The zero-order valence-corrected chi connectivity index (χ0v) is 14.7. The zero-order chi connectivity index (χ0) is 18.4. The van der Waals surface area contributed by atoms with Crippen LogP contribution in [0.25, 0.3) is 6.08 Å². The van der Waals surface area contributed by atoms with E-state index in [0.29, 0.717) is 6.42 Å².